The van der Waals surface area contributed by atoms with Crippen molar-refractivity contribution in [1.82, 2.24) is 10.5 Å². The summed E-state index contributed by atoms with van der Waals surface area (Å²) in [5.41, 5.74) is 2.22. The maximum Gasteiger partial charge on any atom is 0.411 e. The van der Waals surface area contributed by atoms with Gasteiger partial charge < -0.3 is 24.1 Å². The molecule has 224 valence electrons. The number of Topliss-reactive ketones (excluding diaryl/α,β-unsaturated/α-hetero) is 1. The largest absolute Gasteiger partial charge is 0.493 e. The standard InChI is InChI=1S/C32H38FN3O6/c1-21(37)23-5-8-26(28(15-23)39-3)40-14-4-11-36(20-41-30(38)34-32-17-31(2,18-32)19-32)12-9-22(10-13-36)29-25-7-6-24(33)16-27(25)42-35-29/h5-8,15-16,22H,4,9-14,17-20H2,1-3H3/p+1. The molecule has 7 rings (SSSR count). The molecule has 9 nitrogen and oxygen atoms in total. The van der Waals surface area contributed by atoms with Crippen molar-refractivity contribution < 1.29 is 37.2 Å². The van der Waals surface area contributed by atoms with Crippen molar-refractivity contribution in [3.63, 3.8) is 0 Å². The highest BCUT2D eigenvalue weighted by molar-refractivity contribution is 5.94. The zero-order valence-electron chi connectivity index (χ0n) is 24.5. The van der Waals surface area contributed by atoms with Gasteiger partial charge in [0.1, 0.15) is 5.82 Å². The molecule has 1 aliphatic heterocycles. The molecule has 1 saturated heterocycles. The van der Waals surface area contributed by atoms with Gasteiger partial charge in [-0.2, -0.15) is 0 Å². The van der Waals surface area contributed by atoms with Crippen molar-refractivity contribution in [2.45, 2.75) is 63.8 Å². The lowest BCUT2D eigenvalue weighted by molar-refractivity contribution is -0.948. The van der Waals surface area contributed by atoms with E-state index in [1.165, 1.54) is 19.1 Å². The number of rotatable bonds is 11. The summed E-state index contributed by atoms with van der Waals surface area (Å²) in [5.74, 6) is 0.911. The number of likely N-dealkylation sites (tertiary alicyclic amines) is 1. The number of alkyl carbamates (subject to hydrolysis) is 1. The molecule has 1 amide bonds. The average Bonchev–Trinajstić information content (AvgIpc) is 3.36. The molecule has 0 unspecified atom stereocenters. The maximum absolute atomic E-state index is 13.7. The first-order valence-corrected chi connectivity index (χ1v) is 14.8. The van der Waals surface area contributed by atoms with E-state index in [9.17, 15) is 14.0 Å². The van der Waals surface area contributed by atoms with Crippen molar-refractivity contribution in [2.75, 3.05) is 40.1 Å². The fraction of sp³-hybridized carbons (Fsp3) is 0.531. The van der Waals surface area contributed by atoms with E-state index in [2.05, 4.69) is 17.4 Å². The zero-order chi connectivity index (χ0) is 29.5. The Morgan fingerprint density at radius 2 is 1.88 bits per heavy atom. The van der Waals surface area contributed by atoms with Crippen molar-refractivity contribution in [3.05, 3.63) is 53.5 Å². The van der Waals surface area contributed by atoms with E-state index in [4.69, 9.17) is 18.7 Å². The smallest absolute Gasteiger partial charge is 0.411 e. The Kier molecular flexibility index (Phi) is 7.37. The predicted molar refractivity (Wildman–Crippen MR) is 153 cm³/mol. The summed E-state index contributed by atoms with van der Waals surface area (Å²) in [6, 6.07) is 9.74. The van der Waals surface area contributed by atoms with Crippen LogP contribution in [0.15, 0.2) is 40.9 Å². The number of fused-ring (bicyclic) bond motifs is 1. The van der Waals surface area contributed by atoms with Gasteiger partial charge in [-0.25, -0.2) is 9.18 Å². The molecule has 3 aromatic rings. The molecule has 4 aliphatic rings. The van der Waals surface area contributed by atoms with Crippen LogP contribution in [0.4, 0.5) is 9.18 Å². The highest BCUT2D eigenvalue weighted by Gasteiger charge is 2.66. The number of quaternary nitrogens is 1. The van der Waals surface area contributed by atoms with Gasteiger partial charge in [-0.1, -0.05) is 12.1 Å². The lowest BCUT2D eigenvalue weighted by Crippen LogP contribution is -2.73. The molecule has 1 N–H and O–H groups in total. The fourth-order valence-electron chi connectivity index (χ4n) is 7.50. The molecule has 1 aromatic heterocycles. The molecule has 4 fully saturated rings. The number of benzene rings is 2. The number of amides is 1. The monoisotopic (exact) mass is 580 g/mol. The topological polar surface area (TPSA) is 99.9 Å². The second-order valence-corrected chi connectivity index (χ2v) is 12.9. The Morgan fingerprint density at radius 3 is 2.57 bits per heavy atom. The Labute approximate surface area is 244 Å². The van der Waals surface area contributed by atoms with Crippen LogP contribution in [-0.4, -0.2) is 67.1 Å². The van der Waals surface area contributed by atoms with E-state index in [0.29, 0.717) is 39.2 Å². The Hall–Kier alpha value is -3.66. The molecule has 2 aromatic carbocycles. The maximum atomic E-state index is 13.7. The number of aromatic nitrogens is 1. The van der Waals surface area contributed by atoms with Crippen LogP contribution in [0.1, 0.15) is 74.3 Å². The summed E-state index contributed by atoms with van der Waals surface area (Å²) in [6.07, 6.45) is 5.16. The van der Waals surface area contributed by atoms with Crippen LogP contribution in [-0.2, 0) is 4.74 Å². The number of hydrogen-bond acceptors (Lipinski definition) is 7. The SMILES string of the molecule is COc1cc(C(C)=O)ccc1OCCC[N+]1(COC(=O)NC23CC(C)(C2)C3)CCC(c2noc3cc(F)ccc23)CC1. The minimum absolute atomic E-state index is 0.0345. The molecule has 0 radical (unpaired) electrons. The minimum atomic E-state index is -0.345. The van der Waals surface area contributed by atoms with E-state index in [1.54, 1.807) is 31.4 Å². The Morgan fingerprint density at radius 1 is 1.12 bits per heavy atom. The fourth-order valence-corrected chi connectivity index (χ4v) is 7.50. The van der Waals surface area contributed by atoms with Gasteiger partial charge in [0.25, 0.3) is 0 Å². The quantitative estimate of drug-likeness (QED) is 0.170. The van der Waals surface area contributed by atoms with Crippen LogP contribution in [0.3, 0.4) is 0 Å². The lowest BCUT2D eigenvalue weighted by atomic mass is 9.40. The first-order chi connectivity index (χ1) is 20.1. The van der Waals surface area contributed by atoms with Crippen molar-refractivity contribution >= 4 is 22.8 Å². The van der Waals surface area contributed by atoms with Crippen LogP contribution in [0, 0.1) is 11.2 Å². The molecule has 0 atom stereocenters. The summed E-state index contributed by atoms with van der Waals surface area (Å²) in [6.45, 7) is 6.88. The summed E-state index contributed by atoms with van der Waals surface area (Å²) in [5, 5.41) is 8.27. The highest BCUT2D eigenvalue weighted by Crippen LogP contribution is 2.66. The second-order valence-electron chi connectivity index (χ2n) is 12.9. The number of piperidine rings is 1. The lowest BCUT2D eigenvalue weighted by Gasteiger charge is -2.69. The number of methoxy groups -OCH3 is 1. The second kappa shape index (κ2) is 10.9. The van der Waals surface area contributed by atoms with Gasteiger partial charge in [0.05, 0.1) is 39.0 Å². The summed E-state index contributed by atoms with van der Waals surface area (Å²) in [4.78, 5) is 24.5. The number of ether oxygens (including phenoxy) is 3. The predicted octanol–water partition coefficient (Wildman–Crippen LogP) is 5.97. The van der Waals surface area contributed by atoms with Gasteiger partial charge in [0, 0.05) is 47.7 Å². The van der Waals surface area contributed by atoms with Gasteiger partial charge in [0.2, 0.25) is 6.73 Å². The van der Waals surface area contributed by atoms with Crippen molar-refractivity contribution in [1.29, 1.82) is 0 Å². The number of ketones is 1. The van der Waals surface area contributed by atoms with E-state index >= 15 is 0 Å². The molecule has 2 bridgehead atoms. The summed E-state index contributed by atoms with van der Waals surface area (Å²) < 4.78 is 37.1. The Balaban J connectivity index is 1.09. The normalized spacial score (nSPS) is 28.0. The van der Waals surface area contributed by atoms with Gasteiger partial charge in [-0.05, 0) is 61.9 Å². The van der Waals surface area contributed by atoms with Gasteiger partial charge in [-0.15, -0.1) is 0 Å². The first-order valence-electron chi connectivity index (χ1n) is 14.8. The van der Waals surface area contributed by atoms with E-state index in [1.807, 2.05) is 0 Å². The number of carbonyl (C=O) groups is 2. The van der Waals surface area contributed by atoms with Crippen LogP contribution < -0.4 is 14.8 Å². The third kappa shape index (κ3) is 5.56. The number of hydrogen-bond donors (Lipinski definition) is 1. The van der Waals surface area contributed by atoms with E-state index < -0.39 is 0 Å². The minimum Gasteiger partial charge on any atom is -0.493 e. The molecule has 3 saturated carbocycles. The molecular weight excluding hydrogens is 541 g/mol. The number of carbonyl (C=O) groups excluding carboxylic acids is 2. The first kappa shape index (κ1) is 28.5. The summed E-state index contributed by atoms with van der Waals surface area (Å²) >= 11 is 0. The van der Waals surface area contributed by atoms with Crippen molar-refractivity contribution in [2.24, 2.45) is 5.41 Å². The molecule has 10 heteroatoms. The van der Waals surface area contributed by atoms with Gasteiger partial charge in [-0.3, -0.25) is 9.28 Å². The number of halogens is 1. The molecular formula is C32H39FN3O6+. The third-order valence-electron chi connectivity index (χ3n) is 9.49. The van der Waals surface area contributed by atoms with Gasteiger partial charge in [0.15, 0.2) is 22.9 Å². The van der Waals surface area contributed by atoms with Crippen LogP contribution in [0.5, 0.6) is 11.5 Å². The average molecular weight is 581 g/mol. The van der Waals surface area contributed by atoms with Crippen LogP contribution >= 0.6 is 0 Å². The van der Waals surface area contributed by atoms with Crippen molar-refractivity contribution in [3.8, 4) is 11.5 Å². The van der Waals surface area contributed by atoms with Gasteiger partial charge >= 0.3 is 6.09 Å². The molecule has 3 aliphatic carbocycles. The highest BCUT2D eigenvalue weighted by atomic mass is 19.1. The summed E-state index contributed by atoms with van der Waals surface area (Å²) in [7, 11) is 1.56. The Bertz CT molecular complexity index is 1470. The molecule has 0 spiro atoms. The zero-order valence-corrected chi connectivity index (χ0v) is 24.5. The van der Waals surface area contributed by atoms with E-state index in [-0.39, 0.29) is 35.9 Å². The number of nitrogens with zero attached hydrogens (tertiary/aromatic N) is 2. The molecule has 2 heterocycles. The third-order valence-corrected chi connectivity index (χ3v) is 9.49. The van der Waals surface area contributed by atoms with E-state index in [0.717, 1.165) is 69.2 Å². The number of nitrogens with one attached hydrogen (secondary N) is 1. The van der Waals surface area contributed by atoms with Crippen LogP contribution in [0.25, 0.3) is 11.0 Å². The van der Waals surface area contributed by atoms with Crippen LogP contribution in [0.2, 0.25) is 0 Å². The molecule has 42 heavy (non-hydrogen) atoms.